The average molecular weight is 482 g/mol. The first kappa shape index (κ1) is 24.4. The van der Waals surface area contributed by atoms with E-state index in [9.17, 15) is 55.2 Å². The van der Waals surface area contributed by atoms with Gasteiger partial charge in [-0.3, -0.25) is 4.79 Å². The van der Waals surface area contributed by atoms with Crippen molar-refractivity contribution >= 4 is 18.2 Å². The maximum absolute atomic E-state index is 12.9. The van der Waals surface area contributed by atoms with Crippen molar-refractivity contribution in [2.24, 2.45) is 0 Å². The smallest absolute Gasteiger partial charge is 0.339 e. The fourth-order valence-corrected chi connectivity index (χ4v) is 3.32. The topological polar surface area (TPSA) is 252 Å². The Labute approximate surface area is 188 Å². The largest absolute Gasteiger partial charge is 0.504 e. The van der Waals surface area contributed by atoms with E-state index in [0.29, 0.717) is 12.1 Å². The summed E-state index contributed by atoms with van der Waals surface area (Å²) in [6.07, 6.45) is -8.51. The number of cyclic esters (lactones) is 2. The molecule has 0 aliphatic carbocycles. The summed E-state index contributed by atoms with van der Waals surface area (Å²) in [6.45, 7) is -1.06. The molecule has 1 aliphatic heterocycles. The van der Waals surface area contributed by atoms with Crippen LogP contribution in [0.5, 0.6) is 34.5 Å². The lowest BCUT2D eigenvalue weighted by molar-refractivity contribution is -0.139. The number of esters is 2. The molecule has 0 aromatic heterocycles. The number of phenolic OH excluding ortho intramolecular Hbond substituents is 6. The van der Waals surface area contributed by atoms with Crippen LogP contribution in [0.1, 0.15) is 20.7 Å². The number of aliphatic hydroxyl groups excluding tert-OH is 3. The maximum atomic E-state index is 12.9. The molecule has 14 heteroatoms. The molecule has 0 saturated heterocycles. The van der Waals surface area contributed by atoms with Gasteiger partial charge in [-0.2, -0.15) is 0 Å². The SMILES string of the molecule is O=C[C@@H]1OC(=O)c2cc(O)c(O)c(O)c2-c2c(cc(O)c(O)c2O)C(=O)O[C@H]1[C@H](O)[C@H](O)CO. The van der Waals surface area contributed by atoms with Gasteiger partial charge in [-0.25, -0.2) is 9.59 Å². The summed E-state index contributed by atoms with van der Waals surface area (Å²) < 4.78 is 9.89. The monoisotopic (exact) mass is 482 g/mol. The number of aliphatic hydroxyl groups is 3. The third-order valence-electron chi connectivity index (χ3n) is 5.06. The second-order valence-corrected chi connectivity index (χ2v) is 7.15. The zero-order valence-corrected chi connectivity index (χ0v) is 16.8. The number of hydrogen-bond donors (Lipinski definition) is 9. The summed E-state index contributed by atoms with van der Waals surface area (Å²) in [7, 11) is 0. The first-order valence-electron chi connectivity index (χ1n) is 9.34. The van der Waals surface area contributed by atoms with E-state index in [-0.39, 0.29) is 6.29 Å². The highest BCUT2D eigenvalue weighted by Crippen LogP contribution is 2.52. The Bertz CT molecular complexity index is 1170. The molecule has 0 fully saturated rings. The number of carbonyl (C=O) groups is 3. The van der Waals surface area contributed by atoms with Gasteiger partial charge < -0.3 is 55.4 Å². The minimum absolute atomic E-state index is 0.0861. The molecule has 1 aliphatic rings. The van der Waals surface area contributed by atoms with Crippen LogP contribution >= 0.6 is 0 Å². The number of benzene rings is 2. The molecule has 0 saturated carbocycles. The molecule has 4 atom stereocenters. The van der Waals surface area contributed by atoms with Crippen molar-refractivity contribution in [3.63, 3.8) is 0 Å². The van der Waals surface area contributed by atoms with Crippen LogP contribution in [0.25, 0.3) is 11.1 Å². The van der Waals surface area contributed by atoms with Gasteiger partial charge in [0.15, 0.2) is 41.5 Å². The summed E-state index contributed by atoms with van der Waals surface area (Å²) in [5, 5.41) is 89.6. The van der Waals surface area contributed by atoms with Gasteiger partial charge in [0.05, 0.1) is 17.7 Å². The van der Waals surface area contributed by atoms with E-state index >= 15 is 0 Å². The Morgan fingerprint density at radius 1 is 0.794 bits per heavy atom. The van der Waals surface area contributed by atoms with Gasteiger partial charge in [-0.1, -0.05) is 0 Å². The van der Waals surface area contributed by atoms with Crippen LogP contribution in [0.15, 0.2) is 12.1 Å². The van der Waals surface area contributed by atoms with Crippen LogP contribution < -0.4 is 0 Å². The highest BCUT2D eigenvalue weighted by Gasteiger charge is 2.42. The van der Waals surface area contributed by atoms with Crippen molar-refractivity contribution in [1.82, 2.24) is 0 Å². The number of phenols is 6. The molecule has 2 aromatic carbocycles. The van der Waals surface area contributed by atoms with Gasteiger partial charge in [0, 0.05) is 11.1 Å². The van der Waals surface area contributed by atoms with Gasteiger partial charge in [-0.05, 0) is 12.1 Å². The lowest BCUT2D eigenvalue weighted by Crippen LogP contribution is -2.50. The van der Waals surface area contributed by atoms with Gasteiger partial charge >= 0.3 is 11.9 Å². The molecule has 0 bridgehead atoms. The lowest BCUT2D eigenvalue weighted by atomic mass is 9.91. The van der Waals surface area contributed by atoms with Gasteiger partial charge in [0.25, 0.3) is 0 Å². The Kier molecular flexibility index (Phi) is 6.40. The molecule has 1 heterocycles. The van der Waals surface area contributed by atoms with Crippen LogP contribution in [0.3, 0.4) is 0 Å². The van der Waals surface area contributed by atoms with Crippen molar-refractivity contribution in [1.29, 1.82) is 0 Å². The second-order valence-electron chi connectivity index (χ2n) is 7.15. The van der Waals surface area contributed by atoms with E-state index in [0.717, 1.165) is 0 Å². The molecule has 2 aromatic rings. The van der Waals surface area contributed by atoms with Crippen LogP contribution in [-0.4, -0.2) is 95.2 Å². The zero-order valence-electron chi connectivity index (χ0n) is 16.8. The Morgan fingerprint density at radius 3 is 1.65 bits per heavy atom. The number of aromatic hydroxyl groups is 6. The zero-order chi connectivity index (χ0) is 25.5. The van der Waals surface area contributed by atoms with Gasteiger partial charge in [-0.15, -0.1) is 0 Å². The molecule has 14 nitrogen and oxygen atoms in total. The van der Waals surface area contributed by atoms with E-state index in [1.807, 2.05) is 0 Å². The number of carbonyl (C=O) groups excluding carboxylic acids is 3. The van der Waals surface area contributed by atoms with E-state index in [4.69, 9.17) is 14.6 Å². The second kappa shape index (κ2) is 8.93. The molecule has 0 radical (unpaired) electrons. The van der Waals surface area contributed by atoms with E-state index in [2.05, 4.69) is 0 Å². The molecule has 0 unspecified atom stereocenters. The van der Waals surface area contributed by atoms with E-state index < -0.39 is 99.7 Å². The van der Waals surface area contributed by atoms with Crippen molar-refractivity contribution in [3.05, 3.63) is 23.3 Å². The Balaban J connectivity index is 2.41. The molecule has 3 rings (SSSR count). The van der Waals surface area contributed by atoms with Crippen molar-refractivity contribution in [3.8, 4) is 45.6 Å². The predicted octanol–water partition coefficient (Wildman–Crippen LogP) is -1.44. The average Bonchev–Trinajstić information content (AvgIpc) is 2.81. The fraction of sp³-hybridized carbons (Fsp3) is 0.250. The number of hydrogen-bond acceptors (Lipinski definition) is 14. The standard InChI is InChI=1S/C20H18O14/c21-3-9(25)15(28)18-10(4-22)33-19(31)5-1-7(23)13(26)16(29)11(5)12-6(20(32)34-18)2-8(24)14(27)17(12)30/h1-2,4,9-10,15,18,21,23-30H,3H2/t9-,10+,15-,18-/m1/s1. The molecule has 34 heavy (non-hydrogen) atoms. The van der Waals surface area contributed by atoms with E-state index in [1.165, 1.54) is 0 Å². The summed E-state index contributed by atoms with van der Waals surface area (Å²) in [5.74, 6) is -10.2. The highest BCUT2D eigenvalue weighted by atomic mass is 16.6. The van der Waals surface area contributed by atoms with Gasteiger partial charge in [0.1, 0.15) is 12.2 Å². The van der Waals surface area contributed by atoms with Crippen LogP contribution in [-0.2, 0) is 14.3 Å². The van der Waals surface area contributed by atoms with Gasteiger partial charge in [0.2, 0.25) is 11.5 Å². The van der Waals surface area contributed by atoms with Crippen molar-refractivity contribution < 1.29 is 69.8 Å². The first-order chi connectivity index (χ1) is 15.9. The molecule has 0 spiro atoms. The third kappa shape index (κ3) is 3.85. The highest BCUT2D eigenvalue weighted by molar-refractivity contribution is 6.08. The molecule has 9 N–H and O–H groups in total. The van der Waals surface area contributed by atoms with Crippen LogP contribution in [0.2, 0.25) is 0 Å². The molecular formula is C20H18O14. The summed E-state index contributed by atoms with van der Waals surface area (Å²) in [6, 6.07) is 1.08. The minimum atomic E-state index is -2.19. The maximum Gasteiger partial charge on any atom is 0.339 e. The van der Waals surface area contributed by atoms with Crippen molar-refractivity contribution in [2.75, 3.05) is 6.61 Å². The number of fused-ring (bicyclic) bond motifs is 3. The fourth-order valence-electron chi connectivity index (χ4n) is 3.32. The third-order valence-corrected chi connectivity index (χ3v) is 5.06. The minimum Gasteiger partial charge on any atom is -0.504 e. The van der Waals surface area contributed by atoms with Crippen LogP contribution in [0.4, 0.5) is 0 Å². The number of ether oxygens (including phenoxy) is 2. The lowest BCUT2D eigenvalue weighted by Gasteiger charge is -2.31. The quantitative estimate of drug-likeness (QED) is 0.138. The van der Waals surface area contributed by atoms with Crippen molar-refractivity contribution in [2.45, 2.75) is 24.4 Å². The predicted molar refractivity (Wildman–Crippen MR) is 105 cm³/mol. The molecule has 182 valence electrons. The normalized spacial score (nSPS) is 19.7. The van der Waals surface area contributed by atoms with E-state index in [1.54, 1.807) is 0 Å². The summed E-state index contributed by atoms with van der Waals surface area (Å²) in [4.78, 5) is 37.4. The summed E-state index contributed by atoms with van der Waals surface area (Å²) in [5.41, 5.74) is -3.43. The summed E-state index contributed by atoms with van der Waals surface area (Å²) >= 11 is 0. The Morgan fingerprint density at radius 2 is 1.24 bits per heavy atom. The molecule has 0 amide bonds. The number of rotatable bonds is 4. The number of aldehydes is 1. The Hall–Kier alpha value is -4.27. The first-order valence-corrected chi connectivity index (χ1v) is 9.34. The molecular weight excluding hydrogens is 464 g/mol. The van der Waals surface area contributed by atoms with Crippen LogP contribution in [0, 0.1) is 0 Å².